The summed E-state index contributed by atoms with van der Waals surface area (Å²) in [6.45, 7) is 5.35. The maximum absolute atomic E-state index is 5.63. The first-order valence-electron chi connectivity index (χ1n) is 8.59. The van der Waals surface area contributed by atoms with Crippen LogP contribution in [0.2, 0.25) is 0 Å². The molecule has 4 nitrogen and oxygen atoms in total. The van der Waals surface area contributed by atoms with Gasteiger partial charge in [-0.05, 0) is 24.0 Å². The van der Waals surface area contributed by atoms with Gasteiger partial charge in [0.05, 0.1) is 0 Å². The van der Waals surface area contributed by atoms with Gasteiger partial charge in [0.1, 0.15) is 6.17 Å². The fraction of sp³-hybridized carbons (Fsp3) is 0.611. The molecule has 0 bridgehead atoms. The molecule has 22 heavy (non-hydrogen) atoms. The summed E-state index contributed by atoms with van der Waals surface area (Å²) in [5.41, 5.74) is 14.1. The molecule has 2 unspecified atom stereocenters. The Morgan fingerprint density at radius 1 is 1.23 bits per heavy atom. The summed E-state index contributed by atoms with van der Waals surface area (Å²) in [7, 11) is 0. The van der Waals surface area contributed by atoms with Gasteiger partial charge in [0.15, 0.2) is 5.96 Å². The zero-order valence-corrected chi connectivity index (χ0v) is 14.0. The molecule has 2 atom stereocenters. The number of unbranched alkanes of at least 4 members (excludes halogenated alkanes) is 3. The normalized spacial score (nSPS) is 18.9. The van der Waals surface area contributed by atoms with Gasteiger partial charge in [-0.3, -0.25) is 4.90 Å². The van der Waals surface area contributed by atoms with Crippen molar-refractivity contribution in [1.29, 1.82) is 0 Å². The van der Waals surface area contributed by atoms with Gasteiger partial charge in [0, 0.05) is 12.6 Å². The van der Waals surface area contributed by atoms with Crippen LogP contribution in [-0.2, 0) is 6.54 Å². The Morgan fingerprint density at radius 3 is 2.68 bits per heavy atom. The van der Waals surface area contributed by atoms with E-state index in [-0.39, 0.29) is 12.1 Å². The smallest absolute Gasteiger partial charge is 0.187 e. The first-order chi connectivity index (χ1) is 10.7. The molecule has 0 amide bonds. The number of hydrogen-bond acceptors (Lipinski definition) is 2. The summed E-state index contributed by atoms with van der Waals surface area (Å²) in [4.78, 5) is 6.92. The number of benzene rings is 1. The van der Waals surface area contributed by atoms with E-state index in [1.54, 1.807) is 0 Å². The van der Waals surface area contributed by atoms with E-state index in [1.165, 1.54) is 43.2 Å². The number of guanidine groups is 1. The standard InChI is InChI=1S/C18H30N4/c1-3-5-6-7-12-16-15-11-9-8-10-14(15)13-22(16)17(4-2)21-18(19)20/h8-11,16-17H,3-7,12-13H2,1-2H3,(H4,19,20,21). The van der Waals surface area contributed by atoms with Crippen LogP contribution in [0.5, 0.6) is 0 Å². The van der Waals surface area contributed by atoms with Crippen molar-refractivity contribution in [2.75, 3.05) is 0 Å². The minimum atomic E-state index is 0.0774. The Morgan fingerprint density at radius 2 is 2.00 bits per heavy atom. The summed E-state index contributed by atoms with van der Waals surface area (Å²) < 4.78 is 0. The Kier molecular flexibility index (Phi) is 6.25. The molecule has 0 radical (unpaired) electrons. The van der Waals surface area contributed by atoms with Crippen LogP contribution in [-0.4, -0.2) is 17.0 Å². The van der Waals surface area contributed by atoms with Gasteiger partial charge in [-0.15, -0.1) is 0 Å². The van der Waals surface area contributed by atoms with E-state index in [1.807, 2.05) is 0 Å². The SMILES string of the molecule is CCCCCCC1c2ccccc2CN1C(CC)N=C(N)N. The van der Waals surface area contributed by atoms with E-state index >= 15 is 0 Å². The average molecular weight is 302 g/mol. The maximum atomic E-state index is 5.63. The molecular weight excluding hydrogens is 272 g/mol. The van der Waals surface area contributed by atoms with Crippen molar-refractivity contribution in [3.8, 4) is 0 Å². The molecule has 0 aromatic heterocycles. The van der Waals surface area contributed by atoms with Crippen LogP contribution in [0, 0.1) is 0 Å². The lowest BCUT2D eigenvalue weighted by atomic mass is 9.99. The first-order valence-corrected chi connectivity index (χ1v) is 8.59. The number of aliphatic imine (C=N–C) groups is 1. The molecule has 1 aromatic carbocycles. The highest BCUT2D eigenvalue weighted by Gasteiger charge is 2.33. The third-order valence-corrected chi connectivity index (χ3v) is 4.54. The predicted molar refractivity (Wildman–Crippen MR) is 93.4 cm³/mol. The molecule has 1 aliphatic heterocycles. The Labute approximate surface area is 134 Å². The number of nitrogens with two attached hydrogens (primary N) is 2. The molecule has 1 heterocycles. The lowest BCUT2D eigenvalue weighted by Crippen LogP contribution is -2.36. The van der Waals surface area contributed by atoms with E-state index in [4.69, 9.17) is 11.5 Å². The summed E-state index contributed by atoms with van der Waals surface area (Å²) in [5, 5.41) is 0. The summed E-state index contributed by atoms with van der Waals surface area (Å²) >= 11 is 0. The van der Waals surface area contributed by atoms with E-state index < -0.39 is 0 Å². The van der Waals surface area contributed by atoms with Gasteiger partial charge in [0.2, 0.25) is 0 Å². The average Bonchev–Trinajstić information content (AvgIpc) is 2.87. The van der Waals surface area contributed by atoms with Crippen molar-refractivity contribution in [3.05, 3.63) is 35.4 Å². The second kappa shape index (κ2) is 8.18. The second-order valence-electron chi connectivity index (χ2n) is 6.18. The Balaban J connectivity index is 2.15. The zero-order valence-electron chi connectivity index (χ0n) is 14.0. The van der Waals surface area contributed by atoms with Crippen LogP contribution in [0.1, 0.15) is 69.5 Å². The molecular formula is C18H30N4. The van der Waals surface area contributed by atoms with Crippen molar-refractivity contribution in [1.82, 2.24) is 4.90 Å². The highest BCUT2D eigenvalue weighted by molar-refractivity contribution is 5.75. The third kappa shape index (κ3) is 4.01. The van der Waals surface area contributed by atoms with Crippen LogP contribution < -0.4 is 11.5 Å². The molecule has 2 rings (SSSR count). The van der Waals surface area contributed by atoms with Gasteiger partial charge in [-0.25, -0.2) is 4.99 Å². The van der Waals surface area contributed by atoms with E-state index in [0.29, 0.717) is 6.04 Å². The number of rotatable bonds is 8. The molecule has 0 saturated heterocycles. The van der Waals surface area contributed by atoms with Crippen LogP contribution in [0.25, 0.3) is 0 Å². The van der Waals surface area contributed by atoms with Crippen molar-refractivity contribution in [2.24, 2.45) is 16.5 Å². The van der Waals surface area contributed by atoms with Crippen molar-refractivity contribution < 1.29 is 0 Å². The molecule has 0 aliphatic carbocycles. The molecule has 0 fully saturated rings. The molecule has 4 heteroatoms. The van der Waals surface area contributed by atoms with E-state index in [9.17, 15) is 0 Å². The van der Waals surface area contributed by atoms with Crippen LogP contribution in [0.15, 0.2) is 29.3 Å². The van der Waals surface area contributed by atoms with Crippen LogP contribution >= 0.6 is 0 Å². The third-order valence-electron chi connectivity index (χ3n) is 4.54. The van der Waals surface area contributed by atoms with Gasteiger partial charge in [-0.1, -0.05) is 63.8 Å². The van der Waals surface area contributed by atoms with Gasteiger partial charge in [0.25, 0.3) is 0 Å². The highest BCUT2D eigenvalue weighted by atomic mass is 15.3. The van der Waals surface area contributed by atoms with E-state index in [0.717, 1.165) is 13.0 Å². The molecule has 1 aliphatic rings. The van der Waals surface area contributed by atoms with Crippen LogP contribution in [0.4, 0.5) is 0 Å². The monoisotopic (exact) mass is 302 g/mol. The quantitative estimate of drug-likeness (QED) is 0.438. The fourth-order valence-electron chi connectivity index (χ4n) is 3.46. The number of nitrogens with zero attached hydrogens (tertiary/aromatic N) is 2. The molecule has 122 valence electrons. The molecule has 4 N–H and O–H groups in total. The second-order valence-corrected chi connectivity index (χ2v) is 6.18. The van der Waals surface area contributed by atoms with Crippen LogP contribution in [0.3, 0.4) is 0 Å². The minimum Gasteiger partial charge on any atom is -0.370 e. The largest absolute Gasteiger partial charge is 0.370 e. The topological polar surface area (TPSA) is 67.6 Å². The predicted octanol–water partition coefficient (Wildman–Crippen LogP) is 3.52. The highest BCUT2D eigenvalue weighted by Crippen LogP contribution is 2.39. The summed E-state index contributed by atoms with van der Waals surface area (Å²) in [6.07, 6.45) is 7.36. The van der Waals surface area contributed by atoms with Crippen molar-refractivity contribution >= 4 is 5.96 Å². The Bertz CT molecular complexity index is 494. The Hall–Kier alpha value is -1.55. The fourth-order valence-corrected chi connectivity index (χ4v) is 3.46. The molecule has 1 aromatic rings. The zero-order chi connectivity index (χ0) is 15.9. The van der Waals surface area contributed by atoms with Crippen molar-refractivity contribution in [2.45, 2.75) is 71.1 Å². The first kappa shape index (κ1) is 16.8. The lowest BCUT2D eigenvalue weighted by Gasteiger charge is -2.30. The minimum absolute atomic E-state index is 0.0774. The number of hydrogen-bond donors (Lipinski definition) is 2. The van der Waals surface area contributed by atoms with Gasteiger partial charge >= 0.3 is 0 Å². The molecule has 0 saturated carbocycles. The maximum Gasteiger partial charge on any atom is 0.187 e. The van der Waals surface area contributed by atoms with Gasteiger partial charge < -0.3 is 11.5 Å². The lowest BCUT2D eigenvalue weighted by molar-refractivity contribution is 0.137. The molecule has 0 spiro atoms. The van der Waals surface area contributed by atoms with E-state index in [2.05, 4.69) is 48.0 Å². The summed E-state index contributed by atoms with van der Waals surface area (Å²) in [6, 6.07) is 9.21. The van der Waals surface area contributed by atoms with Gasteiger partial charge in [-0.2, -0.15) is 0 Å². The summed E-state index contributed by atoms with van der Waals surface area (Å²) in [5.74, 6) is 0.188. The van der Waals surface area contributed by atoms with Crippen molar-refractivity contribution in [3.63, 3.8) is 0 Å². The number of fused-ring (bicyclic) bond motifs is 1.